The molecule has 0 saturated carbocycles. The molecule has 0 aliphatic carbocycles. The predicted molar refractivity (Wildman–Crippen MR) is 81.5 cm³/mol. The van der Waals surface area contributed by atoms with Crippen molar-refractivity contribution in [1.82, 2.24) is 4.72 Å². The third-order valence-electron chi connectivity index (χ3n) is 2.54. The van der Waals surface area contributed by atoms with Gasteiger partial charge in [0.2, 0.25) is 10.0 Å². The van der Waals surface area contributed by atoms with Gasteiger partial charge in [-0.25, -0.2) is 21.6 Å². The van der Waals surface area contributed by atoms with E-state index in [1.54, 1.807) is 19.9 Å². The highest BCUT2D eigenvalue weighted by atomic mass is 35.7. The number of halogens is 1. The first kappa shape index (κ1) is 18.2. The van der Waals surface area contributed by atoms with Gasteiger partial charge in [-0.1, -0.05) is 19.9 Å². The Bertz CT molecular complexity index is 698. The average molecular weight is 356 g/mol. The Morgan fingerprint density at radius 3 is 2.33 bits per heavy atom. The number of rotatable bonds is 7. The summed E-state index contributed by atoms with van der Waals surface area (Å²) < 4.78 is 53.7. The van der Waals surface area contributed by atoms with Crippen LogP contribution in [0.4, 0.5) is 0 Å². The molecule has 0 aromatic heterocycles. The molecule has 0 bridgehead atoms. The van der Waals surface area contributed by atoms with Crippen LogP contribution in [0.25, 0.3) is 0 Å². The Labute approximate surface area is 129 Å². The molecule has 0 spiro atoms. The normalized spacial score (nSPS) is 12.6. The maximum absolute atomic E-state index is 11.7. The van der Waals surface area contributed by atoms with Gasteiger partial charge in [-0.3, -0.25) is 0 Å². The molecule has 0 aliphatic heterocycles. The van der Waals surface area contributed by atoms with Crippen LogP contribution in [0.1, 0.15) is 19.4 Å². The summed E-state index contributed by atoms with van der Waals surface area (Å²) in [5, 5.41) is 0. The molecular weight excluding hydrogens is 338 g/mol. The smallest absolute Gasteiger partial charge is 0.264 e. The van der Waals surface area contributed by atoms with Crippen molar-refractivity contribution in [1.29, 1.82) is 0 Å². The molecule has 0 heterocycles. The van der Waals surface area contributed by atoms with Crippen molar-refractivity contribution < 1.29 is 21.6 Å². The Balaban J connectivity index is 2.97. The lowest BCUT2D eigenvalue weighted by molar-refractivity contribution is 0.403. The molecule has 1 aromatic rings. The van der Waals surface area contributed by atoms with Crippen molar-refractivity contribution in [2.24, 2.45) is 5.92 Å². The van der Waals surface area contributed by atoms with Crippen LogP contribution in [0.5, 0.6) is 5.75 Å². The Kier molecular flexibility index (Phi) is 6.03. The maximum Gasteiger partial charge on any atom is 0.264 e. The highest BCUT2D eigenvalue weighted by Crippen LogP contribution is 2.27. The van der Waals surface area contributed by atoms with Crippen molar-refractivity contribution >= 4 is 29.8 Å². The average Bonchev–Trinajstić information content (AvgIpc) is 2.33. The van der Waals surface area contributed by atoms with Crippen LogP contribution in [0.2, 0.25) is 0 Å². The van der Waals surface area contributed by atoms with Gasteiger partial charge in [0.1, 0.15) is 10.6 Å². The number of ether oxygens (including phenoxy) is 1. The molecule has 0 unspecified atom stereocenters. The van der Waals surface area contributed by atoms with Gasteiger partial charge in [0, 0.05) is 17.2 Å². The SMILES string of the molecule is COc1ccc(CNS(=O)(=O)CC(C)C)cc1S(=O)(=O)Cl. The van der Waals surface area contributed by atoms with Crippen LogP contribution < -0.4 is 9.46 Å². The van der Waals surface area contributed by atoms with Crippen molar-refractivity contribution in [3.63, 3.8) is 0 Å². The van der Waals surface area contributed by atoms with E-state index < -0.39 is 19.1 Å². The molecule has 0 aliphatic rings. The van der Waals surface area contributed by atoms with Crippen LogP contribution in [0.3, 0.4) is 0 Å². The van der Waals surface area contributed by atoms with Gasteiger partial charge in [-0.15, -0.1) is 0 Å². The zero-order valence-electron chi connectivity index (χ0n) is 12.0. The molecular formula is C12H18ClNO5S2. The van der Waals surface area contributed by atoms with Crippen LogP contribution in [-0.4, -0.2) is 29.7 Å². The molecule has 0 saturated heterocycles. The van der Waals surface area contributed by atoms with Gasteiger partial charge >= 0.3 is 0 Å². The first-order chi connectivity index (χ1) is 9.55. The summed E-state index contributed by atoms with van der Waals surface area (Å²) in [4.78, 5) is -0.188. The zero-order valence-corrected chi connectivity index (χ0v) is 14.3. The van der Waals surface area contributed by atoms with Gasteiger partial charge in [-0.05, 0) is 23.6 Å². The molecule has 120 valence electrons. The van der Waals surface area contributed by atoms with Crippen LogP contribution in [0, 0.1) is 5.92 Å². The second kappa shape index (κ2) is 6.95. The Hall–Kier alpha value is -0.830. The van der Waals surface area contributed by atoms with Gasteiger partial charge in [-0.2, -0.15) is 0 Å². The molecule has 1 N–H and O–H groups in total. The van der Waals surface area contributed by atoms with Crippen LogP contribution in [0.15, 0.2) is 23.1 Å². The van der Waals surface area contributed by atoms with E-state index in [0.29, 0.717) is 5.56 Å². The fraction of sp³-hybridized carbons (Fsp3) is 0.500. The van der Waals surface area contributed by atoms with E-state index in [1.807, 2.05) is 0 Å². The minimum absolute atomic E-state index is 0.00264. The van der Waals surface area contributed by atoms with Gasteiger partial charge in [0.15, 0.2) is 0 Å². The van der Waals surface area contributed by atoms with Crippen molar-refractivity contribution in [3.8, 4) is 5.75 Å². The minimum atomic E-state index is -3.97. The molecule has 0 atom stereocenters. The van der Waals surface area contributed by atoms with Gasteiger partial charge in [0.25, 0.3) is 9.05 Å². The molecule has 6 nitrogen and oxygen atoms in total. The second-order valence-corrected chi connectivity index (χ2v) is 9.31. The van der Waals surface area contributed by atoms with Crippen molar-refractivity contribution in [2.45, 2.75) is 25.3 Å². The van der Waals surface area contributed by atoms with E-state index in [-0.39, 0.29) is 28.9 Å². The lowest BCUT2D eigenvalue weighted by Crippen LogP contribution is -2.28. The Morgan fingerprint density at radius 1 is 1.24 bits per heavy atom. The molecule has 0 radical (unpaired) electrons. The minimum Gasteiger partial charge on any atom is -0.495 e. The standard InChI is InChI=1S/C12H18ClNO5S2/c1-9(2)8-20(15,16)14-7-10-4-5-11(19-3)12(6-10)21(13,17)18/h4-6,9,14H,7-8H2,1-3H3. The third kappa shape index (κ3) is 5.82. The van der Waals surface area contributed by atoms with E-state index in [1.165, 1.54) is 19.2 Å². The number of methoxy groups -OCH3 is 1. The van der Waals surface area contributed by atoms with E-state index in [9.17, 15) is 16.8 Å². The fourth-order valence-electron chi connectivity index (χ4n) is 1.71. The second-order valence-electron chi connectivity index (χ2n) is 4.92. The van der Waals surface area contributed by atoms with E-state index in [4.69, 9.17) is 15.4 Å². The van der Waals surface area contributed by atoms with Crippen LogP contribution in [-0.2, 0) is 25.6 Å². The van der Waals surface area contributed by atoms with E-state index >= 15 is 0 Å². The van der Waals surface area contributed by atoms with Crippen molar-refractivity contribution in [2.75, 3.05) is 12.9 Å². The molecule has 21 heavy (non-hydrogen) atoms. The summed E-state index contributed by atoms with van der Waals surface area (Å²) in [6.45, 7) is 3.58. The highest BCUT2D eigenvalue weighted by Gasteiger charge is 2.18. The molecule has 9 heteroatoms. The van der Waals surface area contributed by atoms with Gasteiger partial charge < -0.3 is 4.74 Å². The third-order valence-corrected chi connectivity index (χ3v) is 5.57. The fourth-order valence-corrected chi connectivity index (χ4v) is 4.14. The summed E-state index contributed by atoms with van der Waals surface area (Å²) in [6, 6.07) is 4.29. The maximum atomic E-state index is 11.7. The molecule has 0 fully saturated rings. The van der Waals surface area contributed by atoms with E-state index in [2.05, 4.69) is 4.72 Å². The largest absolute Gasteiger partial charge is 0.495 e. The monoisotopic (exact) mass is 355 g/mol. The zero-order chi connectivity index (χ0) is 16.3. The molecule has 1 aromatic carbocycles. The molecule has 1 rings (SSSR count). The topological polar surface area (TPSA) is 89.5 Å². The summed E-state index contributed by atoms with van der Waals surface area (Å²) in [6.07, 6.45) is 0. The summed E-state index contributed by atoms with van der Waals surface area (Å²) in [5.41, 5.74) is 0.474. The summed E-state index contributed by atoms with van der Waals surface area (Å²) >= 11 is 0. The van der Waals surface area contributed by atoms with E-state index in [0.717, 1.165) is 0 Å². The summed E-state index contributed by atoms with van der Waals surface area (Å²) in [5.74, 6) is 0.111. The quantitative estimate of drug-likeness (QED) is 0.752. The lowest BCUT2D eigenvalue weighted by atomic mass is 10.2. The highest BCUT2D eigenvalue weighted by molar-refractivity contribution is 8.13. The summed E-state index contributed by atoms with van der Waals surface area (Å²) in [7, 11) is -0.725. The molecule has 0 amide bonds. The number of benzene rings is 1. The van der Waals surface area contributed by atoms with Crippen molar-refractivity contribution in [3.05, 3.63) is 23.8 Å². The predicted octanol–water partition coefficient (Wildman–Crippen LogP) is 1.70. The first-order valence-corrected chi connectivity index (χ1v) is 10.1. The van der Waals surface area contributed by atoms with Crippen LogP contribution >= 0.6 is 10.7 Å². The van der Waals surface area contributed by atoms with Gasteiger partial charge in [0.05, 0.1) is 12.9 Å². The number of hydrogen-bond donors (Lipinski definition) is 1. The first-order valence-electron chi connectivity index (χ1n) is 6.14. The number of sulfonamides is 1. The lowest BCUT2D eigenvalue weighted by Gasteiger charge is -2.11. The number of hydrogen-bond acceptors (Lipinski definition) is 5. The Morgan fingerprint density at radius 2 is 1.86 bits per heavy atom. The number of nitrogens with one attached hydrogen (secondary N) is 1.